The van der Waals surface area contributed by atoms with Crippen molar-refractivity contribution in [3.8, 4) is 0 Å². The Hall–Kier alpha value is 0.310. The Morgan fingerprint density at radius 2 is 2.10 bits per heavy atom. The molecule has 1 unspecified atom stereocenters. The van der Waals surface area contributed by atoms with E-state index in [1.165, 1.54) is 44.5 Å². The Kier molecular flexibility index (Phi) is 1.92. The fourth-order valence-electron chi connectivity index (χ4n) is 2.03. The van der Waals surface area contributed by atoms with Crippen LogP contribution in [-0.2, 0) is 0 Å². The van der Waals surface area contributed by atoms with E-state index in [0.717, 1.165) is 0 Å². The van der Waals surface area contributed by atoms with E-state index >= 15 is 0 Å². The van der Waals surface area contributed by atoms with Crippen molar-refractivity contribution < 1.29 is 0 Å². The molecule has 58 valence electrons. The highest BCUT2D eigenvalue weighted by Crippen LogP contribution is 2.42. The van der Waals surface area contributed by atoms with Crippen LogP contribution in [0.15, 0.2) is 0 Å². The molecule has 1 spiro atoms. The minimum atomic E-state index is 0.679. The van der Waals surface area contributed by atoms with Gasteiger partial charge < -0.3 is 5.32 Å². The zero-order chi connectivity index (χ0) is 6.86. The summed E-state index contributed by atoms with van der Waals surface area (Å²) in [4.78, 5) is 0. The number of rotatable bonds is 0. The van der Waals surface area contributed by atoms with Crippen LogP contribution in [0.3, 0.4) is 0 Å². The fourth-order valence-corrected chi connectivity index (χ4v) is 3.54. The largest absolute Gasteiger partial charge is 0.315 e. The second-order valence-corrected chi connectivity index (χ2v) is 4.98. The number of piperidine rings is 1. The van der Waals surface area contributed by atoms with E-state index in [1.54, 1.807) is 0 Å². The van der Waals surface area contributed by atoms with E-state index in [4.69, 9.17) is 0 Å². The molecule has 2 heteroatoms. The van der Waals surface area contributed by atoms with Gasteiger partial charge in [-0.05, 0) is 38.0 Å². The molecule has 10 heavy (non-hydrogen) atoms. The number of hydrogen-bond acceptors (Lipinski definition) is 2. The van der Waals surface area contributed by atoms with Crippen molar-refractivity contribution in [2.45, 2.75) is 30.4 Å². The van der Waals surface area contributed by atoms with E-state index < -0.39 is 0 Å². The lowest BCUT2D eigenvalue weighted by atomic mass is 9.94. The molecule has 0 aromatic carbocycles. The van der Waals surface area contributed by atoms with Gasteiger partial charge in [0.05, 0.1) is 0 Å². The Labute approximate surface area is 67.0 Å². The van der Waals surface area contributed by atoms with Crippen molar-refractivity contribution in [2.75, 3.05) is 18.8 Å². The molecule has 2 heterocycles. The van der Waals surface area contributed by atoms with Crippen LogP contribution in [0.25, 0.3) is 0 Å². The molecule has 0 aliphatic carbocycles. The maximum absolute atomic E-state index is 3.50. The normalized spacial score (nSPS) is 40.8. The highest BCUT2D eigenvalue weighted by atomic mass is 32.2. The first-order chi connectivity index (χ1) is 4.91. The first-order valence-electron chi connectivity index (χ1n) is 4.26. The molecule has 2 aliphatic rings. The summed E-state index contributed by atoms with van der Waals surface area (Å²) in [7, 11) is 0. The first kappa shape index (κ1) is 6.99. The summed E-state index contributed by atoms with van der Waals surface area (Å²) >= 11 is 2.20. The maximum Gasteiger partial charge on any atom is 0.0285 e. The molecule has 2 aliphatic heterocycles. The monoisotopic (exact) mass is 157 g/mol. The van der Waals surface area contributed by atoms with Crippen LogP contribution >= 0.6 is 11.8 Å². The lowest BCUT2D eigenvalue weighted by molar-refractivity contribution is 0.406. The molecule has 0 saturated carbocycles. The van der Waals surface area contributed by atoms with Gasteiger partial charge in [-0.25, -0.2) is 0 Å². The Bertz CT molecular complexity index is 110. The van der Waals surface area contributed by atoms with E-state index in [-0.39, 0.29) is 0 Å². The average Bonchev–Trinajstić information content (AvgIpc) is 2.39. The molecule has 0 amide bonds. The predicted octanol–water partition coefficient (Wildman–Crippen LogP) is 1.64. The maximum atomic E-state index is 3.50. The molecule has 0 radical (unpaired) electrons. The van der Waals surface area contributed by atoms with Crippen molar-refractivity contribution in [3.05, 3.63) is 0 Å². The predicted molar refractivity (Wildman–Crippen MR) is 46.5 cm³/mol. The molecule has 2 fully saturated rings. The van der Waals surface area contributed by atoms with Crippen LogP contribution in [-0.4, -0.2) is 23.6 Å². The van der Waals surface area contributed by atoms with Crippen LogP contribution in [0.2, 0.25) is 0 Å². The standard InChI is InChI=1S/C8H15NS/c1-3-8(7-9-5-1)4-2-6-10-8/h9H,1-7H2. The average molecular weight is 157 g/mol. The third-order valence-electron chi connectivity index (χ3n) is 2.62. The zero-order valence-electron chi connectivity index (χ0n) is 6.36. The topological polar surface area (TPSA) is 12.0 Å². The third kappa shape index (κ3) is 1.19. The summed E-state index contributed by atoms with van der Waals surface area (Å²) in [5.41, 5.74) is 0. The summed E-state index contributed by atoms with van der Waals surface area (Å²) in [6, 6.07) is 0. The lowest BCUT2D eigenvalue weighted by Gasteiger charge is -2.32. The molecule has 2 rings (SSSR count). The van der Waals surface area contributed by atoms with Crippen molar-refractivity contribution in [3.63, 3.8) is 0 Å². The van der Waals surface area contributed by atoms with Crippen molar-refractivity contribution in [1.29, 1.82) is 0 Å². The Morgan fingerprint density at radius 1 is 1.20 bits per heavy atom. The molecule has 2 saturated heterocycles. The summed E-state index contributed by atoms with van der Waals surface area (Å²) in [5, 5.41) is 3.50. The van der Waals surface area contributed by atoms with E-state index in [0.29, 0.717) is 4.75 Å². The van der Waals surface area contributed by atoms with Gasteiger partial charge in [0.25, 0.3) is 0 Å². The van der Waals surface area contributed by atoms with Gasteiger partial charge in [0.1, 0.15) is 0 Å². The summed E-state index contributed by atoms with van der Waals surface area (Å²) < 4.78 is 0.679. The summed E-state index contributed by atoms with van der Waals surface area (Å²) in [6.07, 6.45) is 5.77. The van der Waals surface area contributed by atoms with Gasteiger partial charge in [-0.15, -0.1) is 0 Å². The zero-order valence-corrected chi connectivity index (χ0v) is 7.17. The smallest absolute Gasteiger partial charge is 0.0285 e. The van der Waals surface area contributed by atoms with Gasteiger partial charge >= 0.3 is 0 Å². The molecular weight excluding hydrogens is 142 g/mol. The van der Waals surface area contributed by atoms with E-state index in [1.807, 2.05) is 0 Å². The quantitative estimate of drug-likeness (QED) is 0.573. The van der Waals surface area contributed by atoms with Gasteiger partial charge in [0, 0.05) is 11.3 Å². The van der Waals surface area contributed by atoms with Gasteiger partial charge in [-0.2, -0.15) is 11.8 Å². The second-order valence-electron chi connectivity index (χ2n) is 3.42. The van der Waals surface area contributed by atoms with Crippen LogP contribution < -0.4 is 5.32 Å². The van der Waals surface area contributed by atoms with Crippen molar-refractivity contribution in [2.24, 2.45) is 0 Å². The lowest BCUT2D eigenvalue weighted by Crippen LogP contribution is -2.41. The Morgan fingerprint density at radius 3 is 2.70 bits per heavy atom. The number of thioether (sulfide) groups is 1. The van der Waals surface area contributed by atoms with Crippen LogP contribution in [0.4, 0.5) is 0 Å². The molecular formula is C8H15NS. The van der Waals surface area contributed by atoms with Crippen molar-refractivity contribution in [1.82, 2.24) is 5.32 Å². The first-order valence-corrected chi connectivity index (χ1v) is 5.25. The highest BCUT2D eigenvalue weighted by Gasteiger charge is 2.35. The summed E-state index contributed by atoms with van der Waals surface area (Å²) in [6.45, 7) is 2.53. The van der Waals surface area contributed by atoms with Gasteiger partial charge in [-0.3, -0.25) is 0 Å². The minimum Gasteiger partial charge on any atom is -0.315 e. The summed E-state index contributed by atoms with van der Waals surface area (Å²) in [5.74, 6) is 1.40. The Balaban J connectivity index is 1.98. The molecule has 0 aromatic rings. The molecule has 1 nitrogen and oxygen atoms in total. The van der Waals surface area contributed by atoms with Gasteiger partial charge in [-0.1, -0.05) is 0 Å². The molecule has 1 N–H and O–H groups in total. The third-order valence-corrected chi connectivity index (χ3v) is 4.28. The van der Waals surface area contributed by atoms with Gasteiger partial charge in [0.15, 0.2) is 0 Å². The second kappa shape index (κ2) is 2.74. The van der Waals surface area contributed by atoms with Crippen molar-refractivity contribution >= 4 is 11.8 Å². The number of nitrogens with one attached hydrogen (secondary N) is 1. The molecule has 0 bridgehead atoms. The highest BCUT2D eigenvalue weighted by molar-refractivity contribution is 8.00. The van der Waals surface area contributed by atoms with Crippen LogP contribution in [0.1, 0.15) is 25.7 Å². The van der Waals surface area contributed by atoms with E-state index in [2.05, 4.69) is 17.1 Å². The van der Waals surface area contributed by atoms with Crippen LogP contribution in [0, 0.1) is 0 Å². The molecule has 1 atom stereocenters. The number of hydrogen-bond donors (Lipinski definition) is 1. The van der Waals surface area contributed by atoms with Gasteiger partial charge in [0.2, 0.25) is 0 Å². The van der Waals surface area contributed by atoms with E-state index in [9.17, 15) is 0 Å². The molecule has 0 aromatic heterocycles. The fraction of sp³-hybridized carbons (Fsp3) is 1.00. The SMILES string of the molecule is C1CNCC2(C1)CCCS2. The van der Waals surface area contributed by atoms with Crippen LogP contribution in [0.5, 0.6) is 0 Å². The minimum absolute atomic E-state index is 0.679.